The molecule has 0 heterocycles. The molecule has 9 atom stereocenters. The molecule has 0 bridgehead atoms. The summed E-state index contributed by atoms with van der Waals surface area (Å²) >= 11 is 0. The van der Waals surface area contributed by atoms with Crippen LogP contribution in [0.2, 0.25) is 0 Å². The Kier molecular flexibility index (Phi) is 13.1. The second-order valence-corrected chi connectivity index (χ2v) is 15.0. The topological polar surface area (TPSA) is 178 Å². The van der Waals surface area contributed by atoms with Crippen molar-refractivity contribution in [3.63, 3.8) is 0 Å². The number of carbonyl (C=O) groups excluding carboxylic acids is 6. The molecule has 1 N–H and O–H groups in total. The predicted octanol–water partition coefficient (Wildman–Crippen LogP) is 5.48. The summed E-state index contributed by atoms with van der Waals surface area (Å²) in [6.45, 7) is 12.7. The highest BCUT2D eigenvalue weighted by Crippen LogP contribution is 2.51. The van der Waals surface area contributed by atoms with Gasteiger partial charge in [0.2, 0.25) is 0 Å². The number of benzene rings is 2. The van der Waals surface area contributed by atoms with Gasteiger partial charge in [-0.3, -0.25) is 19.2 Å². The van der Waals surface area contributed by atoms with Crippen molar-refractivity contribution >= 4 is 35.8 Å². The molecule has 13 heteroatoms. The summed E-state index contributed by atoms with van der Waals surface area (Å²) in [6.07, 6.45) is -2.86. The highest BCUT2D eigenvalue weighted by Gasteiger charge is 2.61. The molecule has 2 aromatic rings. The van der Waals surface area contributed by atoms with Crippen LogP contribution in [0, 0.1) is 17.3 Å². The van der Waals surface area contributed by atoms with Crippen molar-refractivity contribution in [1.29, 1.82) is 0 Å². The molecule has 2 aliphatic carbocycles. The minimum atomic E-state index is -2.39. The van der Waals surface area contributed by atoms with Gasteiger partial charge in [0.05, 0.1) is 11.1 Å². The van der Waals surface area contributed by atoms with Crippen molar-refractivity contribution in [1.82, 2.24) is 0 Å². The highest BCUT2D eigenvalue weighted by atomic mass is 16.6. The van der Waals surface area contributed by atoms with Gasteiger partial charge in [-0.25, -0.2) is 9.59 Å². The Morgan fingerprint density at radius 2 is 1.13 bits per heavy atom. The maximum Gasteiger partial charge on any atom is 0.338 e. The summed E-state index contributed by atoms with van der Waals surface area (Å²) in [5.41, 5.74) is -5.18. The van der Waals surface area contributed by atoms with E-state index in [4.69, 9.17) is 28.4 Å². The van der Waals surface area contributed by atoms with Crippen molar-refractivity contribution in [2.24, 2.45) is 17.3 Å². The molecule has 0 radical (unpaired) electrons. The van der Waals surface area contributed by atoms with Crippen LogP contribution in [0.3, 0.4) is 0 Å². The smallest absolute Gasteiger partial charge is 0.338 e. The van der Waals surface area contributed by atoms with E-state index in [0.717, 1.165) is 13.8 Å². The summed E-state index contributed by atoms with van der Waals surface area (Å²) in [4.78, 5) is 79.1. The normalized spacial score (nSPS) is 30.1. The summed E-state index contributed by atoms with van der Waals surface area (Å²) in [5.74, 6) is -6.12. The van der Waals surface area contributed by atoms with Crippen LogP contribution in [0.15, 0.2) is 84.5 Å². The van der Waals surface area contributed by atoms with E-state index < -0.39 is 94.8 Å². The summed E-state index contributed by atoms with van der Waals surface area (Å²) in [6, 6.07) is 16.0. The van der Waals surface area contributed by atoms with E-state index in [1.54, 1.807) is 88.4 Å². The third kappa shape index (κ3) is 9.88. The monoisotopic (exact) mass is 762 g/mol. The van der Waals surface area contributed by atoms with Crippen molar-refractivity contribution in [2.45, 2.75) is 110 Å². The number of esters is 6. The lowest BCUT2D eigenvalue weighted by atomic mass is 9.74. The largest absolute Gasteiger partial charge is 0.458 e. The maximum absolute atomic E-state index is 13.9. The number of aliphatic hydroxyl groups is 1. The molecule has 0 amide bonds. The zero-order chi connectivity index (χ0) is 40.9. The Hall–Kier alpha value is -5.30. The number of hydrogen-bond acceptors (Lipinski definition) is 13. The van der Waals surface area contributed by atoms with Gasteiger partial charge in [-0.05, 0) is 37.3 Å². The Labute approximate surface area is 320 Å². The lowest BCUT2D eigenvalue weighted by molar-refractivity contribution is -0.197. The molecule has 296 valence electrons. The molecule has 13 nitrogen and oxygen atoms in total. The number of ether oxygens (including phenoxy) is 6. The Bertz CT molecular complexity index is 1810. The molecule has 0 aliphatic heterocycles. The van der Waals surface area contributed by atoms with Gasteiger partial charge >= 0.3 is 35.8 Å². The van der Waals surface area contributed by atoms with Crippen LogP contribution in [0.4, 0.5) is 0 Å². The van der Waals surface area contributed by atoms with Crippen LogP contribution < -0.4 is 0 Å². The third-order valence-electron chi connectivity index (χ3n) is 9.76. The Balaban J connectivity index is 2.12. The molecule has 2 aliphatic rings. The summed E-state index contributed by atoms with van der Waals surface area (Å²) in [5, 5.41) is 12.8. The first-order valence-electron chi connectivity index (χ1n) is 18.1. The first kappa shape index (κ1) is 42.4. The number of carbonyl (C=O) groups is 6. The van der Waals surface area contributed by atoms with Crippen molar-refractivity contribution in [3.05, 3.63) is 95.6 Å². The predicted molar refractivity (Wildman–Crippen MR) is 197 cm³/mol. The fourth-order valence-electron chi connectivity index (χ4n) is 7.46. The quantitative estimate of drug-likeness (QED) is 0.203. The van der Waals surface area contributed by atoms with Gasteiger partial charge in [0, 0.05) is 56.9 Å². The summed E-state index contributed by atoms with van der Waals surface area (Å²) < 4.78 is 36.1. The van der Waals surface area contributed by atoms with Crippen LogP contribution in [-0.4, -0.2) is 82.6 Å². The minimum Gasteiger partial charge on any atom is -0.458 e. The molecule has 9 unspecified atom stereocenters. The van der Waals surface area contributed by atoms with Crippen LogP contribution in [0.25, 0.3) is 0 Å². The first-order chi connectivity index (χ1) is 25.7. The fraction of sp³-hybridized carbons (Fsp3) is 0.476. The molecule has 1 saturated carbocycles. The highest BCUT2D eigenvalue weighted by molar-refractivity contribution is 5.90. The molecule has 4 rings (SSSR count). The van der Waals surface area contributed by atoms with Crippen LogP contribution >= 0.6 is 0 Å². The van der Waals surface area contributed by atoms with Gasteiger partial charge in [0.1, 0.15) is 11.7 Å². The molecule has 55 heavy (non-hydrogen) atoms. The van der Waals surface area contributed by atoms with E-state index in [0.29, 0.717) is 0 Å². The number of fused-ring (bicyclic) bond motifs is 1. The molecular formula is C42H50O13. The Morgan fingerprint density at radius 3 is 1.62 bits per heavy atom. The second-order valence-electron chi connectivity index (χ2n) is 15.0. The fourth-order valence-corrected chi connectivity index (χ4v) is 7.46. The lowest BCUT2D eigenvalue weighted by Gasteiger charge is -2.45. The lowest BCUT2D eigenvalue weighted by Crippen LogP contribution is -2.59. The van der Waals surface area contributed by atoms with E-state index in [1.807, 2.05) is 0 Å². The maximum atomic E-state index is 13.9. The van der Waals surface area contributed by atoms with Gasteiger partial charge in [0.25, 0.3) is 0 Å². The molecular weight excluding hydrogens is 712 g/mol. The van der Waals surface area contributed by atoms with Gasteiger partial charge in [-0.1, -0.05) is 76.2 Å². The van der Waals surface area contributed by atoms with Gasteiger partial charge in [0.15, 0.2) is 30.0 Å². The average molecular weight is 763 g/mol. The van der Waals surface area contributed by atoms with Gasteiger partial charge in [-0.15, -0.1) is 0 Å². The number of hydrogen-bond donors (Lipinski definition) is 1. The van der Waals surface area contributed by atoms with E-state index in [-0.39, 0.29) is 23.1 Å². The van der Waals surface area contributed by atoms with E-state index in [9.17, 15) is 33.9 Å². The number of rotatable bonds is 8. The van der Waals surface area contributed by atoms with E-state index >= 15 is 0 Å². The Morgan fingerprint density at radius 1 is 0.636 bits per heavy atom. The standard InChI is InChI=1S/C42H50O13/c1-24-20-21-40(7,8)36(52-28(5)45)34(50-26(3)43)37(54-39(48)31-18-14-11-15-19-31)41(9,49)23-32-33(53-38(47)30-16-12-10-13-17-30)25(2)22-42(32,55-29(6)46)35(24)51-27(4)44/h10-21,23-25,33-37,49H,22H2,1-9H3. The molecule has 0 spiro atoms. The average Bonchev–Trinajstić information content (AvgIpc) is 3.34. The molecule has 0 aromatic heterocycles. The first-order valence-corrected chi connectivity index (χ1v) is 18.1. The van der Waals surface area contributed by atoms with Crippen LogP contribution in [-0.2, 0) is 47.6 Å². The van der Waals surface area contributed by atoms with Gasteiger partial charge < -0.3 is 33.5 Å². The van der Waals surface area contributed by atoms with Crippen molar-refractivity contribution in [2.75, 3.05) is 0 Å². The van der Waals surface area contributed by atoms with E-state index in [2.05, 4.69) is 0 Å². The zero-order valence-corrected chi connectivity index (χ0v) is 32.6. The van der Waals surface area contributed by atoms with Crippen molar-refractivity contribution < 1.29 is 62.3 Å². The minimum absolute atomic E-state index is 0.0159. The molecule has 2 aromatic carbocycles. The van der Waals surface area contributed by atoms with Crippen LogP contribution in [0.5, 0.6) is 0 Å². The SMILES string of the molecule is CC(=O)OC1C(OC(C)=O)C(C)(C)C=CC(C)C(OC(C)=O)C2(OC(C)=O)CC(C)C(OC(=O)c3ccccc3)C2=CC(C)(O)C1OC(=O)c1ccccc1. The third-order valence-corrected chi connectivity index (χ3v) is 9.76. The molecule has 1 fully saturated rings. The van der Waals surface area contributed by atoms with Gasteiger partial charge in [-0.2, -0.15) is 0 Å². The second kappa shape index (κ2) is 17.0. The van der Waals surface area contributed by atoms with E-state index in [1.165, 1.54) is 39.0 Å². The zero-order valence-electron chi connectivity index (χ0n) is 32.6. The molecule has 0 saturated heterocycles. The van der Waals surface area contributed by atoms with Crippen LogP contribution in [0.1, 0.15) is 89.5 Å². The summed E-state index contributed by atoms with van der Waals surface area (Å²) in [7, 11) is 0. The van der Waals surface area contributed by atoms with Crippen molar-refractivity contribution in [3.8, 4) is 0 Å².